The van der Waals surface area contributed by atoms with Crippen LogP contribution < -0.4 is 4.90 Å². The molecule has 1 aliphatic heterocycles. The number of aldehydes is 1. The molecule has 0 aromatic heterocycles. The van der Waals surface area contributed by atoms with Gasteiger partial charge in [-0.2, -0.15) is 0 Å². The minimum absolute atomic E-state index is 0.367. The molecule has 1 heterocycles. The zero-order valence-corrected chi connectivity index (χ0v) is 11.1. The fourth-order valence-electron chi connectivity index (χ4n) is 2.00. The second-order valence-corrected chi connectivity index (χ2v) is 4.87. The van der Waals surface area contributed by atoms with Gasteiger partial charge in [-0.25, -0.2) is 0 Å². The molecule has 2 nitrogen and oxygen atoms in total. The number of benzene rings is 1. The van der Waals surface area contributed by atoms with Gasteiger partial charge in [-0.1, -0.05) is 42.6 Å². The zero-order valence-electron chi connectivity index (χ0n) is 10.3. The van der Waals surface area contributed by atoms with Gasteiger partial charge in [-0.3, -0.25) is 0 Å². The summed E-state index contributed by atoms with van der Waals surface area (Å²) in [6.45, 7) is 6.10. The normalized spacial score (nSPS) is 18.8. The Morgan fingerprint density at radius 2 is 2.17 bits per heavy atom. The summed E-state index contributed by atoms with van der Waals surface area (Å²) in [6.07, 6.45) is 6.72. The Bertz CT molecular complexity index is 531. The van der Waals surface area contributed by atoms with Crippen LogP contribution in [0.15, 0.2) is 64.6 Å². The van der Waals surface area contributed by atoms with Crippen LogP contribution in [0.5, 0.6) is 0 Å². The van der Waals surface area contributed by atoms with Crippen molar-refractivity contribution in [1.29, 1.82) is 0 Å². The summed E-state index contributed by atoms with van der Waals surface area (Å²) < 4.78 is 0. The van der Waals surface area contributed by atoms with Crippen molar-refractivity contribution < 1.29 is 4.79 Å². The SMILES string of the molecule is C=C/C=C1/Sc2ccccc2N(CC=O)/C1=C/C. The molecule has 0 N–H and O–H groups in total. The van der Waals surface area contributed by atoms with Gasteiger partial charge in [0, 0.05) is 9.80 Å². The fourth-order valence-corrected chi connectivity index (χ4v) is 3.16. The molecule has 0 radical (unpaired) electrons. The Morgan fingerprint density at radius 1 is 1.39 bits per heavy atom. The van der Waals surface area contributed by atoms with Crippen LogP contribution in [-0.2, 0) is 4.79 Å². The van der Waals surface area contributed by atoms with E-state index in [9.17, 15) is 4.79 Å². The number of carbonyl (C=O) groups excluding carboxylic acids is 1. The lowest BCUT2D eigenvalue weighted by Crippen LogP contribution is -2.28. The first-order valence-electron chi connectivity index (χ1n) is 5.79. The van der Waals surface area contributed by atoms with E-state index in [0.717, 1.165) is 27.5 Å². The monoisotopic (exact) mass is 257 g/mol. The van der Waals surface area contributed by atoms with Gasteiger partial charge < -0.3 is 9.69 Å². The molecular weight excluding hydrogens is 242 g/mol. The molecule has 0 saturated carbocycles. The van der Waals surface area contributed by atoms with E-state index in [0.29, 0.717) is 6.54 Å². The van der Waals surface area contributed by atoms with Gasteiger partial charge in [0.25, 0.3) is 0 Å². The van der Waals surface area contributed by atoms with Crippen molar-refractivity contribution in [3.8, 4) is 0 Å². The lowest BCUT2D eigenvalue weighted by Gasteiger charge is -2.33. The molecule has 0 unspecified atom stereocenters. The third-order valence-corrected chi connectivity index (χ3v) is 3.85. The highest BCUT2D eigenvalue weighted by Gasteiger charge is 2.24. The average molecular weight is 257 g/mol. The largest absolute Gasteiger partial charge is 0.333 e. The summed E-state index contributed by atoms with van der Waals surface area (Å²) in [5.41, 5.74) is 2.15. The van der Waals surface area contributed by atoms with Crippen molar-refractivity contribution in [3.05, 3.63) is 59.7 Å². The van der Waals surface area contributed by atoms with Crippen LogP contribution in [0.3, 0.4) is 0 Å². The standard InChI is InChI=1S/C15H15NOS/c1-3-7-14-12(4-2)16(10-11-17)13-8-5-6-9-15(13)18-14/h3-9,11H,1,10H2,2H3/b12-4+,14-7+. The van der Waals surface area contributed by atoms with Crippen LogP contribution in [0.25, 0.3) is 0 Å². The van der Waals surface area contributed by atoms with Crippen LogP contribution >= 0.6 is 11.8 Å². The molecule has 18 heavy (non-hydrogen) atoms. The number of thioether (sulfide) groups is 1. The lowest BCUT2D eigenvalue weighted by atomic mass is 10.2. The highest BCUT2D eigenvalue weighted by molar-refractivity contribution is 8.03. The average Bonchev–Trinajstić information content (AvgIpc) is 2.39. The molecule has 0 atom stereocenters. The van der Waals surface area contributed by atoms with Crippen molar-refractivity contribution in [1.82, 2.24) is 0 Å². The van der Waals surface area contributed by atoms with Gasteiger partial charge in [0.15, 0.2) is 0 Å². The number of rotatable bonds is 3. The van der Waals surface area contributed by atoms with E-state index in [1.807, 2.05) is 42.2 Å². The van der Waals surface area contributed by atoms with Crippen molar-refractivity contribution in [2.24, 2.45) is 0 Å². The molecule has 1 aromatic carbocycles. The van der Waals surface area contributed by atoms with Gasteiger partial charge >= 0.3 is 0 Å². The highest BCUT2D eigenvalue weighted by atomic mass is 32.2. The van der Waals surface area contributed by atoms with E-state index < -0.39 is 0 Å². The molecule has 0 bridgehead atoms. The number of carbonyl (C=O) groups is 1. The molecule has 0 fully saturated rings. The predicted octanol–water partition coefficient (Wildman–Crippen LogP) is 3.77. The molecule has 0 spiro atoms. The van der Waals surface area contributed by atoms with E-state index in [-0.39, 0.29) is 0 Å². The summed E-state index contributed by atoms with van der Waals surface area (Å²) in [4.78, 5) is 15.2. The minimum atomic E-state index is 0.367. The number of hydrogen-bond donors (Lipinski definition) is 0. The lowest BCUT2D eigenvalue weighted by molar-refractivity contribution is -0.106. The smallest absolute Gasteiger partial charge is 0.139 e. The van der Waals surface area contributed by atoms with Crippen molar-refractivity contribution in [3.63, 3.8) is 0 Å². The van der Waals surface area contributed by atoms with Gasteiger partial charge in [-0.15, -0.1) is 0 Å². The molecule has 1 aromatic rings. The molecule has 0 amide bonds. The molecule has 0 aliphatic carbocycles. The summed E-state index contributed by atoms with van der Waals surface area (Å²) in [5.74, 6) is 0. The minimum Gasteiger partial charge on any atom is -0.333 e. The Kier molecular flexibility index (Phi) is 4.05. The second kappa shape index (κ2) is 5.74. The Morgan fingerprint density at radius 3 is 2.83 bits per heavy atom. The summed E-state index contributed by atoms with van der Waals surface area (Å²) in [6, 6.07) is 8.12. The first kappa shape index (κ1) is 12.7. The predicted molar refractivity (Wildman–Crippen MR) is 77.7 cm³/mol. The van der Waals surface area contributed by atoms with Crippen molar-refractivity contribution in [2.45, 2.75) is 11.8 Å². The van der Waals surface area contributed by atoms with E-state index in [2.05, 4.69) is 12.6 Å². The number of fused-ring (bicyclic) bond motifs is 1. The Labute approximate surface area is 112 Å². The highest BCUT2D eigenvalue weighted by Crippen LogP contribution is 2.45. The summed E-state index contributed by atoms with van der Waals surface area (Å²) in [7, 11) is 0. The van der Waals surface area contributed by atoms with Crippen molar-refractivity contribution >= 4 is 23.7 Å². The topological polar surface area (TPSA) is 20.3 Å². The maximum Gasteiger partial charge on any atom is 0.139 e. The van der Waals surface area contributed by atoms with Gasteiger partial charge in [0.05, 0.1) is 17.9 Å². The molecule has 0 saturated heterocycles. The van der Waals surface area contributed by atoms with Gasteiger partial charge in [0.2, 0.25) is 0 Å². The molecular formula is C15H15NOS. The Balaban J connectivity index is 2.56. The van der Waals surface area contributed by atoms with E-state index in [4.69, 9.17) is 0 Å². The first-order valence-corrected chi connectivity index (χ1v) is 6.61. The van der Waals surface area contributed by atoms with E-state index >= 15 is 0 Å². The number of nitrogens with zero attached hydrogens (tertiary/aromatic N) is 1. The maximum atomic E-state index is 10.9. The third-order valence-electron chi connectivity index (χ3n) is 2.72. The van der Waals surface area contributed by atoms with Crippen molar-refractivity contribution in [2.75, 3.05) is 11.4 Å². The summed E-state index contributed by atoms with van der Waals surface area (Å²) >= 11 is 1.71. The molecule has 2 rings (SSSR count). The van der Waals surface area contributed by atoms with E-state index in [1.54, 1.807) is 17.8 Å². The molecule has 92 valence electrons. The third kappa shape index (κ3) is 2.27. The number of para-hydroxylation sites is 1. The molecule has 1 aliphatic rings. The fraction of sp³-hybridized carbons (Fsp3) is 0.133. The van der Waals surface area contributed by atoms with Crippen LogP contribution in [-0.4, -0.2) is 12.8 Å². The number of allylic oxidation sites excluding steroid dienone is 3. The van der Waals surface area contributed by atoms with Crippen LogP contribution in [0.4, 0.5) is 5.69 Å². The first-order chi connectivity index (χ1) is 8.81. The molecule has 3 heteroatoms. The number of hydrogen-bond acceptors (Lipinski definition) is 3. The zero-order chi connectivity index (χ0) is 13.0. The van der Waals surface area contributed by atoms with Crippen LogP contribution in [0, 0.1) is 0 Å². The summed E-state index contributed by atoms with van der Waals surface area (Å²) in [5, 5.41) is 0. The quantitative estimate of drug-likeness (QED) is 0.769. The maximum absolute atomic E-state index is 10.9. The number of anilines is 1. The Hall–Kier alpha value is -1.74. The van der Waals surface area contributed by atoms with Gasteiger partial charge in [-0.05, 0) is 25.1 Å². The van der Waals surface area contributed by atoms with Crippen LogP contribution in [0.1, 0.15) is 6.92 Å². The second-order valence-electron chi connectivity index (χ2n) is 3.79. The van der Waals surface area contributed by atoms with Gasteiger partial charge in [0.1, 0.15) is 6.29 Å². The van der Waals surface area contributed by atoms with Crippen LogP contribution in [0.2, 0.25) is 0 Å². The van der Waals surface area contributed by atoms with E-state index in [1.165, 1.54) is 0 Å².